The Hall–Kier alpha value is -1.14. The van der Waals surface area contributed by atoms with E-state index in [1.165, 1.54) is 6.38 Å². The summed E-state index contributed by atoms with van der Waals surface area (Å²) < 4.78 is 11.4. The lowest BCUT2D eigenvalue weighted by atomic mass is 9.97. The van der Waals surface area contributed by atoms with Crippen LogP contribution in [0.3, 0.4) is 0 Å². The molecule has 132 valence electrons. The number of benzene rings is 1. The molecule has 3 fully saturated rings. The fraction of sp³-hybridized carbons (Fsp3) is 0.611. The second kappa shape index (κ2) is 7.40. The predicted octanol–water partition coefficient (Wildman–Crippen LogP) is 1.77. The Kier molecular flexibility index (Phi) is 5.45. The number of aliphatic hydroxyl groups is 1. The van der Waals surface area contributed by atoms with Gasteiger partial charge in [-0.15, -0.1) is 11.6 Å². The van der Waals surface area contributed by atoms with E-state index in [0.29, 0.717) is 24.3 Å². The number of nitrogens with zero attached hydrogens (tertiary/aromatic N) is 1. The Morgan fingerprint density at radius 3 is 2.42 bits per heavy atom. The molecule has 5 nitrogen and oxygen atoms in total. The highest BCUT2D eigenvalue weighted by Gasteiger charge is 2.62. The third kappa shape index (κ3) is 3.18. The van der Waals surface area contributed by atoms with Crippen molar-refractivity contribution in [2.24, 2.45) is 0 Å². The Morgan fingerprint density at radius 1 is 1.29 bits per heavy atom. The number of aliphatic hydroxyl groups excluding tert-OH is 1. The van der Waals surface area contributed by atoms with Crippen LogP contribution in [0.1, 0.15) is 24.3 Å². The zero-order valence-electron chi connectivity index (χ0n) is 14.0. The topological polar surface area (TPSA) is 62.3 Å². The number of morpholine rings is 1. The first-order valence-electron chi connectivity index (χ1n) is 8.30. The van der Waals surface area contributed by atoms with Crippen molar-refractivity contribution < 1.29 is 19.4 Å². The number of rotatable bonds is 4. The summed E-state index contributed by atoms with van der Waals surface area (Å²) in [5.74, 6) is -0.915. The first-order valence-corrected chi connectivity index (χ1v) is 9.06. The zero-order valence-corrected chi connectivity index (χ0v) is 14.7. The van der Waals surface area contributed by atoms with E-state index in [1.54, 1.807) is 0 Å². The van der Waals surface area contributed by atoms with Crippen molar-refractivity contribution in [3.63, 3.8) is 0 Å². The lowest BCUT2D eigenvalue weighted by Gasteiger charge is -2.38. The van der Waals surface area contributed by atoms with Gasteiger partial charge < -0.3 is 14.6 Å². The molecule has 6 atom stereocenters. The van der Waals surface area contributed by atoms with E-state index in [0.717, 1.165) is 18.4 Å². The van der Waals surface area contributed by atoms with Gasteiger partial charge in [0.1, 0.15) is 24.2 Å². The van der Waals surface area contributed by atoms with Crippen molar-refractivity contribution in [3.05, 3.63) is 35.9 Å². The van der Waals surface area contributed by atoms with E-state index in [9.17, 15) is 9.90 Å². The number of ether oxygens (including phenoxy) is 2. The number of piperidine rings is 1. The predicted molar refractivity (Wildman–Crippen MR) is 91.2 cm³/mol. The van der Waals surface area contributed by atoms with Gasteiger partial charge in [-0.1, -0.05) is 30.3 Å². The van der Waals surface area contributed by atoms with Crippen molar-refractivity contribution in [2.75, 3.05) is 20.0 Å². The molecule has 1 unspecified atom stereocenters. The van der Waals surface area contributed by atoms with Crippen LogP contribution >= 0.6 is 11.6 Å². The first kappa shape index (κ1) is 17.7. The van der Waals surface area contributed by atoms with Gasteiger partial charge in [-0.3, -0.25) is 9.69 Å². The van der Waals surface area contributed by atoms with Crippen LogP contribution in [-0.4, -0.2) is 66.4 Å². The average molecular weight is 354 g/mol. The standard InChI is InChI=1S/C17H21NO4.CH3Cl/c1-18-13-7-11(8-14(18)16-15(13)22-16)21-17(20)12(9-19)10-5-3-2-4-6-10;1-2/h2-6,11-16,19H,7-9H2,1H3;1H3/t11?,12-,13-,14+,15-,16+;/m1./s1. The normalized spacial score (nSPS) is 34.6. The molecule has 3 saturated heterocycles. The third-order valence-electron chi connectivity index (χ3n) is 5.33. The molecule has 1 aromatic rings. The summed E-state index contributed by atoms with van der Waals surface area (Å²) in [4.78, 5) is 14.8. The highest BCUT2D eigenvalue weighted by Crippen LogP contribution is 2.48. The van der Waals surface area contributed by atoms with Crippen LogP contribution in [0.4, 0.5) is 0 Å². The lowest BCUT2D eigenvalue weighted by Crippen LogP contribution is -2.48. The molecule has 0 aliphatic carbocycles. The number of fused-ring (bicyclic) bond motifs is 5. The summed E-state index contributed by atoms with van der Waals surface area (Å²) in [5.41, 5.74) is 0.803. The maximum Gasteiger partial charge on any atom is 0.316 e. The molecule has 2 bridgehead atoms. The quantitative estimate of drug-likeness (QED) is 0.508. The number of carbonyl (C=O) groups excluding carboxylic acids is 1. The van der Waals surface area contributed by atoms with Crippen LogP contribution in [0.25, 0.3) is 0 Å². The van der Waals surface area contributed by atoms with Gasteiger partial charge in [0.25, 0.3) is 0 Å². The molecule has 1 N–H and O–H groups in total. The van der Waals surface area contributed by atoms with Crippen molar-refractivity contribution in [2.45, 2.75) is 49.2 Å². The van der Waals surface area contributed by atoms with Gasteiger partial charge in [0.15, 0.2) is 0 Å². The molecule has 0 radical (unpaired) electrons. The minimum absolute atomic E-state index is 0.0622. The van der Waals surface area contributed by atoms with Gasteiger partial charge in [-0.25, -0.2) is 0 Å². The largest absolute Gasteiger partial charge is 0.462 e. The SMILES string of the molecule is CCl.CN1[C@@H]2CC(OC(=O)[C@H](CO)c3ccccc3)C[C@H]1[C@@H]1O[C@@H]12. The molecule has 0 saturated carbocycles. The minimum atomic E-state index is -0.593. The highest BCUT2D eigenvalue weighted by atomic mass is 35.5. The number of esters is 1. The van der Waals surface area contributed by atoms with Gasteiger partial charge in [0.2, 0.25) is 0 Å². The number of halogens is 1. The van der Waals surface area contributed by atoms with Crippen molar-refractivity contribution in [1.82, 2.24) is 4.90 Å². The molecule has 0 aromatic heterocycles. The summed E-state index contributed by atoms with van der Waals surface area (Å²) in [7, 11) is 2.13. The third-order valence-corrected chi connectivity index (χ3v) is 5.33. The van der Waals surface area contributed by atoms with Crippen molar-refractivity contribution in [3.8, 4) is 0 Å². The fourth-order valence-electron chi connectivity index (χ4n) is 4.04. The Balaban J connectivity index is 0.000000815. The second-order valence-corrected chi connectivity index (χ2v) is 6.54. The fourth-order valence-corrected chi connectivity index (χ4v) is 4.04. The molecule has 0 amide bonds. The van der Waals surface area contributed by atoms with E-state index in [-0.39, 0.29) is 18.7 Å². The molecule has 4 rings (SSSR count). The van der Waals surface area contributed by atoms with Crippen LogP contribution < -0.4 is 0 Å². The second-order valence-electron chi connectivity index (χ2n) is 6.54. The molecular weight excluding hydrogens is 330 g/mol. The molecule has 3 heterocycles. The highest BCUT2D eigenvalue weighted by molar-refractivity contribution is 6.15. The van der Waals surface area contributed by atoms with Crippen LogP contribution in [0, 0.1) is 0 Å². The van der Waals surface area contributed by atoms with E-state index in [2.05, 4.69) is 23.5 Å². The van der Waals surface area contributed by atoms with Crippen molar-refractivity contribution in [1.29, 1.82) is 0 Å². The number of epoxide rings is 1. The van der Waals surface area contributed by atoms with Gasteiger partial charge in [-0.2, -0.15) is 0 Å². The molecule has 3 aliphatic heterocycles. The van der Waals surface area contributed by atoms with Gasteiger partial charge >= 0.3 is 5.97 Å². The molecule has 3 aliphatic rings. The number of hydrogen-bond donors (Lipinski definition) is 1. The molecular formula is C18H24ClNO4. The smallest absolute Gasteiger partial charge is 0.316 e. The Labute approximate surface area is 147 Å². The summed E-state index contributed by atoms with van der Waals surface area (Å²) >= 11 is 4.64. The van der Waals surface area contributed by atoms with Crippen LogP contribution in [0.2, 0.25) is 0 Å². The maximum atomic E-state index is 12.4. The summed E-state index contributed by atoms with van der Waals surface area (Å²) in [5, 5.41) is 9.56. The summed E-state index contributed by atoms with van der Waals surface area (Å²) in [6.45, 7) is -0.226. The van der Waals surface area contributed by atoms with Gasteiger partial charge in [0.05, 0.1) is 6.61 Å². The molecule has 1 aromatic carbocycles. The van der Waals surface area contributed by atoms with Gasteiger partial charge in [0, 0.05) is 31.3 Å². The van der Waals surface area contributed by atoms with E-state index >= 15 is 0 Å². The Morgan fingerprint density at radius 2 is 1.88 bits per heavy atom. The van der Waals surface area contributed by atoms with Crippen LogP contribution in [0.15, 0.2) is 30.3 Å². The number of likely N-dealkylation sites (N-methyl/N-ethyl adjacent to an activating group) is 1. The lowest BCUT2D eigenvalue weighted by molar-refractivity contribution is -0.156. The number of hydrogen-bond acceptors (Lipinski definition) is 5. The summed E-state index contributed by atoms with van der Waals surface area (Å²) in [6.07, 6.45) is 3.73. The van der Waals surface area contributed by atoms with Crippen LogP contribution in [-0.2, 0) is 14.3 Å². The monoisotopic (exact) mass is 353 g/mol. The number of alkyl halides is 1. The average Bonchev–Trinajstić information content (AvgIpc) is 3.36. The van der Waals surface area contributed by atoms with Gasteiger partial charge in [-0.05, 0) is 12.6 Å². The number of carbonyl (C=O) groups is 1. The van der Waals surface area contributed by atoms with E-state index in [4.69, 9.17) is 9.47 Å². The van der Waals surface area contributed by atoms with E-state index < -0.39 is 5.92 Å². The summed E-state index contributed by atoms with van der Waals surface area (Å²) in [6, 6.07) is 10.1. The van der Waals surface area contributed by atoms with Crippen LogP contribution in [0.5, 0.6) is 0 Å². The van der Waals surface area contributed by atoms with Crippen molar-refractivity contribution >= 4 is 17.6 Å². The molecule has 6 heteroatoms. The minimum Gasteiger partial charge on any atom is -0.462 e. The van der Waals surface area contributed by atoms with E-state index in [1.807, 2.05) is 30.3 Å². The molecule has 24 heavy (non-hydrogen) atoms. The maximum absolute atomic E-state index is 12.4. The Bertz CT molecular complexity index is 551. The first-order chi connectivity index (χ1) is 11.7. The molecule has 0 spiro atoms. The zero-order chi connectivity index (χ0) is 17.3.